The van der Waals surface area contributed by atoms with Gasteiger partial charge in [0.15, 0.2) is 0 Å². The number of aliphatic hydroxyl groups excluding tert-OH is 1. The van der Waals surface area contributed by atoms with E-state index in [1.807, 2.05) is 36.4 Å². The molecule has 0 aliphatic carbocycles. The molecule has 2 aromatic rings. The normalized spacial score (nSPS) is 12.1. The van der Waals surface area contributed by atoms with Crippen LogP contribution < -0.4 is 5.32 Å². The van der Waals surface area contributed by atoms with Gasteiger partial charge in [0.05, 0.1) is 12.7 Å². The minimum atomic E-state index is -0.496. The summed E-state index contributed by atoms with van der Waals surface area (Å²) < 4.78 is 4.93. The second-order valence-electron chi connectivity index (χ2n) is 4.81. The Bertz CT molecular complexity index is 513. The molecule has 2 aromatic carbocycles. The predicted molar refractivity (Wildman–Crippen MR) is 82.1 cm³/mol. The van der Waals surface area contributed by atoms with E-state index in [1.165, 1.54) is 11.1 Å². The zero-order valence-corrected chi connectivity index (χ0v) is 11.8. The number of anilines is 1. The van der Waals surface area contributed by atoms with E-state index < -0.39 is 6.10 Å². The maximum atomic E-state index is 9.70. The third-order valence-corrected chi connectivity index (χ3v) is 3.14. The number of ether oxygens (including phenoxy) is 1. The van der Waals surface area contributed by atoms with Crippen LogP contribution in [0, 0.1) is 0 Å². The molecule has 0 radical (unpaired) electrons. The smallest absolute Gasteiger partial charge is 0.0945 e. The Morgan fingerprint density at radius 2 is 1.75 bits per heavy atom. The Kier molecular flexibility index (Phi) is 5.59. The molecule has 0 bridgehead atoms. The lowest BCUT2D eigenvalue weighted by atomic mass is 10.0. The van der Waals surface area contributed by atoms with E-state index in [-0.39, 0.29) is 0 Å². The number of benzene rings is 2. The van der Waals surface area contributed by atoms with E-state index in [0.717, 1.165) is 12.1 Å². The highest BCUT2D eigenvalue weighted by Crippen LogP contribution is 2.19. The highest BCUT2D eigenvalue weighted by Gasteiger charge is 2.06. The summed E-state index contributed by atoms with van der Waals surface area (Å²) in [6, 6.07) is 18.5. The van der Waals surface area contributed by atoms with E-state index in [0.29, 0.717) is 13.2 Å². The zero-order chi connectivity index (χ0) is 14.2. The van der Waals surface area contributed by atoms with Gasteiger partial charge < -0.3 is 15.2 Å². The Morgan fingerprint density at radius 1 is 1.05 bits per heavy atom. The molecule has 3 heteroatoms. The Balaban J connectivity index is 2.02. The van der Waals surface area contributed by atoms with E-state index in [2.05, 4.69) is 23.5 Å². The number of aliphatic hydroxyl groups is 1. The van der Waals surface area contributed by atoms with Gasteiger partial charge in [-0.15, -0.1) is 0 Å². The predicted octanol–water partition coefficient (Wildman–Crippen LogP) is 2.70. The lowest BCUT2D eigenvalue weighted by molar-refractivity contribution is 0.0727. The van der Waals surface area contributed by atoms with Gasteiger partial charge in [-0.05, 0) is 23.6 Å². The third kappa shape index (κ3) is 4.37. The molecule has 0 heterocycles. The van der Waals surface area contributed by atoms with Gasteiger partial charge in [0.1, 0.15) is 0 Å². The first kappa shape index (κ1) is 14.6. The minimum Gasteiger partial charge on any atom is -0.389 e. The number of rotatable bonds is 7. The molecule has 0 saturated carbocycles. The minimum absolute atomic E-state index is 0.341. The van der Waals surface area contributed by atoms with E-state index >= 15 is 0 Å². The summed E-state index contributed by atoms with van der Waals surface area (Å²) in [6.45, 7) is 0.827. The molecule has 0 saturated heterocycles. The van der Waals surface area contributed by atoms with Gasteiger partial charge in [0.2, 0.25) is 0 Å². The highest BCUT2D eigenvalue weighted by molar-refractivity contribution is 5.52. The second kappa shape index (κ2) is 7.68. The summed E-state index contributed by atoms with van der Waals surface area (Å²) >= 11 is 0. The molecule has 0 amide bonds. The first-order valence-electron chi connectivity index (χ1n) is 6.82. The number of hydrogen-bond donors (Lipinski definition) is 2. The monoisotopic (exact) mass is 271 g/mol. The Labute approximate surface area is 120 Å². The lowest BCUT2D eigenvalue weighted by Gasteiger charge is -2.15. The fourth-order valence-corrected chi connectivity index (χ4v) is 2.14. The largest absolute Gasteiger partial charge is 0.389 e. The Hall–Kier alpha value is -1.84. The van der Waals surface area contributed by atoms with Crippen LogP contribution in [0.2, 0.25) is 0 Å². The van der Waals surface area contributed by atoms with Gasteiger partial charge in [-0.25, -0.2) is 0 Å². The van der Waals surface area contributed by atoms with Crippen molar-refractivity contribution in [1.29, 1.82) is 0 Å². The van der Waals surface area contributed by atoms with E-state index in [4.69, 9.17) is 4.74 Å². The summed E-state index contributed by atoms with van der Waals surface area (Å²) in [4.78, 5) is 0. The van der Waals surface area contributed by atoms with Crippen LogP contribution in [0.1, 0.15) is 11.1 Å². The molecule has 1 atom stereocenters. The average molecular weight is 271 g/mol. The fourth-order valence-electron chi connectivity index (χ4n) is 2.14. The van der Waals surface area contributed by atoms with Crippen LogP contribution in [0.5, 0.6) is 0 Å². The SMILES string of the molecule is COCC(O)CNc1ccccc1Cc1ccccc1. The van der Waals surface area contributed by atoms with Crippen LogP contribution in [-0.4, -0.2) is 31.5 Å². The molecule has 0 fully saturated rings. The van der Waals surface area contributed by atoms with Crippen LogP contribution in [0.3, 0.4) is 0 Å². The van der Waals surface area contributed by atoms with E-state index in [1.54, 1.807) is 7.11 Å². The molecule has 3 nitrogen and oxygen atoms in total. The van der Waals surface area contributed by atoms with Crippen LogP contribution in [0.15, 0.2) is 54.6 Å². The summed E-state index contributed by atoms with van der Waals surface area (Å²) in [5, 5.41) is 13.0. The number of nitrogens with one attached hydrogen (secondary N) is 1. The summed E-state index contributed by atoms with van der Waals surface area (Å²) in [7, 11) is 1.59. The average Bonchev–Trinajstić information content (AvgIpc) is 2.48. The highest BCUT2D eigenvalue weighted by atomic mass is 16.5. The maximum Gasteiger partial charge on any atom is 0.0945 e. The van der Waals surface area contributed by atoms with E-state index in [9.17, 15) is 5.11 Å². The topological polar surface area (TPSA) is 41.5 Å². The third-order valence-electron chi connectivity index (χ3n) is 3.14. The van der Waals surface area contributed by atoms with Crippen molar-refractivity contribution in [2.45, 2.75) is 12.5 Å². The maximum absolute atomic E-state index is 9.70. The van der Waals surface area contributed by atoms with Crippen LogP contribution in [0.4, 0.5) is 5.69 Å². The quantitative estimate of drug-likeness (QED) is 0.813. The van der Waals surface area contributed by atoms with Gasteiger partial charge in [-0.3, -0.25) is 0 Å². The van der Waals surface area contributed by atoms with Gasteiger partial charge >= 0.3 is 0 Å². The van der Waals surface area contributed by atoms with Crippen molar-refractivity contribution in [1.82, 2.24) is 0 Å². The fraction of sp³-hybridized carbons (Fsp3) is 0.294. The molecule has 2 rings (SSSR count). The number of methoxy groups -OCH3 is 1. The Morgan fingerprint density at radius 3 is 2.50 bits per heavy atom. The van der Waals surface area contributed by atoms with Crippen LogP contribution in [0.25, 0.3) is 0 Å². The van der Waals surface area contributed by atoms with Gasteiger partial charge in [-0.1, -0.05) is 48.5 Å². The summed E-state index contributed by atoms with van der Waals surface area (Å²) in [5.74, 6) is 0. The standard InChI is InChI=1S/C17H21NO2/c1-20-13-16(19)12-18-17-10-6-5-9-15(17)11-14-7-3-2-4-8-14/h2-10,16,18-19H,11-13H2,1H3. The molecule has 0 aromatic heterocycles. The summed E-state index contributed by atoms with van der Waals surface area (Å²) in [6.07, 6.45) is 0.384. The first-order chi connectivity index (χ1) is 9.79. The molecule has 2 N–H and O–H groups in total. The summed E-state index contributed by atoms with van der Waals surface area (Å²) in [5.41, 5.74) is 3.56. The van der Waals surface area contributed by atoms with Crippen molar-refractivity contribution >= 4 is 5.69 Å². The van der Waals surface area contributed by atoms with Gasteiger partial charge in [0, 0.05) is 19.3 Å². The lowest BCUT2D eigenvalue weighted by Crippen LogP contribution is -2.24. The van der Waals surface area contributed by atoms with Gasteiger partial charge in [-0.2, -0.15) is 0 Å². The number of hydrogen-bond acceptors (Lipinski definition) is 3. The van der Waals surface area contributed by atoms with Crippen LogP contribution in [-0.2, 0) is 11.2 Å². The molecule has 106 valence electrons. The molecule has 0 aliphatic heterocycles. The van der Waals surface area contributed by atoms with Crippen molar-refractivity contribution in [3.05, 3.63) is 65.7 Å². The van der Waals surface area contributed by atoms with Crippen molar-refractivity contribution in [3.8, 4) is 0 Å². The van der Waals surface area contributed by atoms with Crippen molar-refractivity contribution in [2.24, 2.45) is 0 Å². The molecular weight excluding hydrogens is 250 g/mol. The van der Waals surface area contributed by atoms with Crippen molar-refractivity contribution in [3.63, 3.8) is 0 Å². The zero-order valence-electron chi connectivity index (χ0n) is 11.8. The van der Waals surface area contributed by atoms with Crippen molar-refractivity contribution in [2.75, 3.05) is 25.6 Å². The molecule has 1 unspecified atom stereocenters. The van der Waals surface area contributed by atoms with Crippen molar-refractivity contribution < 1.29 is 9.84 Å². The molecular formula is C17H21NO2. The molecule has 0 aliphatic rings. The molecule has 20 heavy (non-hydrogen) atoms. The molecule has 0 spiro atoms. The first-order valence-corrected chi connectivity index (χ1v) is 6.82. The van der Waals surface area contributed by atoms with Crippen LogP contribution >= 0.6 is 0 Å². The number of para-hydroxylation sites is 1. The van der Waals surface area contributed by atoms with Gasteiger partial charge in [0.25, 0.3) is 0 Å². The second-order valence-corrected chi connectivity index (χ2v) is 4.81.